The second-order valence-electron chi connectivity index (χ2n) is 6.53. The second-order valence-corrected chi connectivity index (χ2v) is 7.91. The molecule has 2 aromatic rings. The predicted octanol–water partition coefficient (Wildman–Crippen LogP) is 4.29. The van der Waals surface area contributed by atoms with E-state index >= 15 is 0 Å². The molecule has 1 unspecified atom stereocenters. The van der Waals surface area contributed by atoms with E-state index in [2.05, 4.69) is 5.16 Å². The average Bonchev–Trinajstić information content (AvgIpc) is 3.34. The van der Waals surface area contributed by atoms with Gasteiger partial charge in [0.2, 0.25) is 6.79 Å². The van der Waals surface area contributed by atoms with Crippen LogP contribution in [0.5, 0.6) is 11.5 Å². The molecule has 2 aliphatic rings. The Hall–Kier alpha value is -2.60. The lowest BCUT2D eigenvalue weighted by Gasteiger charge is -2.06. The summed E-state index contributed by atoms with van der Waals surface area (Å²) in [6, 6.07) is 13.7. The average molecular weight is 383 g/mol. The van der Waals surface area contributed by atoms with Gasteiger partial charge in [-0.2, -0.15) is 0 Å². The molecule has 4 rings (SSSR count). The van der Waals surface area contributed by atoms with Crippen molar-refractivity contribution in [1.82, 2.24) is 0 Å². The van der Waals surface area contributed by atoms with Crippen LogP contribution in [0.3, 0.4) is 0 Å². The zero-order valence-electron chi connectivity index (χ0n) is 15.1. The SMILES string of the molecule is CS(=O)c1ccc(C2=C(/C=N/OCc3ccc4c(c3)OCO4)CCC2)cc1. The van der Waals surface area contributed by atoms with E-state index in [1.165, 1.54) is 16.7 Å². The number of benzene rings is 2. The topological polar surface area (TPSA) is 57.1 Å². The van der Waals surface area contributed by atoms with E-state index in [1.807, 2.05) is 48.7 Å². The van der Waals surface area contributed by atoms with Crippen LogP contribution >= 0.6 is 0 Å². The van der Waals surface area contributed by atoms with Crippen LogP contribution in [0.4, 0.5) is 0 Å². The molecule has 0 saturated carbocycles. The van der Waals surface area contributed by atoms with Crippen LogP contribution in [0, 0.1) is 0 Å². The van der Waals surface area contributed by atoms with Crippen molar-refractivity contribution in [2.24, 2.45) is 5.16 Å². The van der Waals surface area contributed by atoms with E-state index in [0.29, 0.717) is 6.61 Å². The maximum Gasteiger partial charge on any atom is 0.231 e. The number of ether oxygens (including phenoxy) is 2. The minimum absolute atomic E-state index is 0.268. The summed E-state index contributed by atoms with van der Waals surface area (Å²) < 4.78 is 22.2. The molecule has 5 nitrogen and oxygen atoms in total. The Balaban J connectivity index is 1.41. The van der Waals surface area contributed by atoms with Crippen molar-refractivity contribution in [2.45, 2.75) is 30.8 Å². The normalized spacial score (nSPS) is 16.9. The van der Waals surface area contributed by atoms with Gasteiger partial charge in [-0.1, -0.05) is 23.4 Å². The monoisotopic (exact) mass is 383 g/mol. The Morgan fingerprint density at radius 2 is 1.93 bits per heavy atom. The zero-order valence-corrected chi connectivity index (χ0v) is 16.0. The molecule has 1 atom stereocenters. The summed E-state index contributed by atoms with van der Waals surface area (Å²) in [7, 11) is -0.951. The predicted molar refractivity (Wildman–Crippen MR) is 105 cm³/mol. The van der Waals surface area contributed by atoms with Gasteiger partial charge in [-0.3, -0.25) is 4.21 Å². The van der Waals surface area contributed by atoms with Gasteiger partial charge < -0.3 is 14.3 Å². The fourth-order valence-electron chi connectivity index (χ4n) is 3.33. The van der Waals surface area contributed by atoms with Crippen LogP contribution < -0.4 is 9.47 Å². The first-order valence-electron chi connectivity index (χ1n) is 8.90. The van der Waals surface area contributed by atoms with E-state index in [4.69, 9.17) is 14.3 Å². The minimum atomic E-state index is -0.951. The Morgan fingerprint density at radius 3 is 2.74 bits per heavy atom. The molecular weight excluding hydrogens is 362 g/mol. The maximum absolute atomic E-state index is 11.5. The summed E-state index contributed by atoms with van der Waals surface area (Å²) in [6.45, 7) is 0.649. The van der Waals surface area contributed by atoms with E-state index in [-0.39, 0.29) is 6.79 Å². The number of hydrogen-bond acceptors (Lipinski definition) is 5. The third kappa shape index (κ3) is 4.06. The molecule has 2 aromatic carbocycles. The van der Waals surface area contributed by atoms with Crippen LogP contribution in [-0.4, -0.2) is 23.5 Å². The molecule has 0 bridgehead atoms. The largest absolute Gasteiger partial charge is 0.454 e. The Kier molecular flexibility index (Phi) is 5.25. The first-order chi connectivity index (χ1) is 13.2. The van der Waals surface area contributed by atoms with Gasteiger partial charge in [0, 0.05) is 22.0 Å². The van der Waals surface area contributed by atoms with Crippen molar-refractivity contribution in [3.05, 3.63) is 59.2 Å². The van der Waals surface area contributed by atoms with Gasteiger partial charge in [-0.05, 0) is 65.8 Å². The van der Waals surface area contributed by atoms with Crippen molar-refractivity contribution in [2.75, 3.05) is 13.0 Å². The smallest absolute Gasteiger partial charge is 0.231 e. The highest BCUT2D eigenvalue weighted by atomic mass is 32.2. The van der Waals surface area contributed by atoms with Crippen LogP contribution in [0.25, 0.3) is 5.57 Å². The molecule has 0 N–H and O–H groups in total. The molecule has 6 heteroatoms. The number of allylic oxidation sites excluding steroid dienone is 2. The van der Waals surface area contributed by atoms with Crippen LogP contribution in [0.2, 0.25) is 0 Å². The summed E-state index contributed by atoms with van der Waals surface area (Å²) in [5.41, 5.74) is 4.64. The highest BCUT2D eigenvalue weighted by Crippen LogP contribution is 2.34. The first kappa shape index (κ1) is 17.8. The lowest BCUT2D eigenvalue weighted by atomic mass is 10.0. The molecule has 0 spiro atoms. The zero-order chi connectivity index (χ0) is 18.6. The molecule has 0 radical (unpaired) electrons. The molecule has 0 saturated heterocycles. The summed E-state index contributed by atoms with van der Waals surface area (Å²) in [5.74, 6) is 1.51. The summed E-state index contributed by atoms with van der Waals surface area (Å²) in [6.07, 6.45) is 6.65. The van der Waals surface area contributed by atoms with Gasteiger partial charge in [0.05, 0.1) is 6.21 Å². The van der Waals surface area contributed by atoms with Crippen molar-refractivity contribution in [1.29, 1.82) is 0 Å². The third-order valence-electron chi connectivity index (χ3n) is 4.75. The Bertz CT molecular complexity index is 918. The quantitative estimate of drug-likeness (QED) is 0.551. The number of rotatable bonds is 6. The number of nitrogens with zero attached hydrogens (tertiary/aromatic N) is 1. The molecule has 0 aromatic heterocycles. The van der Waals surface area contributed by atoms with Crippen molar-refractivity contribution in [3.63, 3.8) is 0 Å². The molecule has 0 amide bonds. The number of fused-ring (bicyclic) bond motifs is 1. The van der Waals surface area contributed by atoms with Gasteiger partial charge in [-0.15, -0.1) is 0 Å². The summed E-state index contributed by atoms with van der Waals surface area (Å²) in [4.78, 5) is 6.32. The van der Waals surface area contributed by atoms with Crippen LogP contribution in [-0.2, 0) is 22.2 Å². The maximum atomic E-state index is 11.5. The Morgan fingerprint density at radius 1 is 1.11 bits per heavy atom. The van der Waals surface area contributed by atoms with Gasteiger partial charge in [0.1, 0.15) is 6.61 Å². The van der Waals surface area contributed by atoms with Crippen molar-refractivity contribution < 1.29 is 18.5 Å². The first-order valence-corrected chi connectivity index (χ1v) is 10.5. The molecule has 27 heavy (non-hydrogen) atoms. The standard InChI is InChI=1S/C21H21NO4S/c1-27(23)18-8-6-16(7-9-18)19-4-2-3-17(19)12-22-26-13-15-5-10-20-21(11-15)25-14-24-20/h5-12H,2-4,13-14H2,1H3/b22-12+. The molecule has 0 fully saturated rings. The highest BCUT2D eigenvalue weighted by Gasteiger charge is 2.16. The fraction of sp³-hybridized carbons (Fsp3) is 0.286. The fourth-order valence-corrected chi connectivity index (χ4v) is 3.85. The second kappa shape index (κ2) is 7.96. The van der Waals surface area contributed by atoms with Crippen LogP contribution in [0.1, 0.15) is 30.4 Å². The van der Waals surface area contributed by atoms with Crippen LogP contribution in [0.15, 0.2) is 58.1 Å². The molecule has 140 valence electrons. The van der Waals surface area contributed by atoms with Crippen molar-refractivity contribution in [3.8, 4) is 11.5 Å². The number of hydrogen-bond donors (Lipinski definition) is 0. The third-order valence-corrected chi connectivity index (χ3v) is 5.68. The minimum Gasteiger partial charge on any atom is -0.454 e. The van der Waals surface area contributed by atoms with Gasteiger partial charge in [0.25, 0.3) is 0 Å². The molecule has 1 aliphatic heterocycles. The molecule has 1 heterocycles. The molecular formula is C21H21NO4S. The van der Waals surface area contributed by atoms with E-state index < -0.39 is 10.8 Å². The van der Waals surface area contributed by atoms with Gasteiger partial charge in [-0.25, -0.2) is 0 Å². The van der Waals surface area contributed by atoms with Gasteiger partial charge in [0.15, 0.2) is 11.5 Å². The Labute approximate surface area is 161 Å². The highest BCUT2D eigenvalue weighted by molar-refractivity contribution is 7.84. The summed E-state index contributed by atoms with van der Waals surface area (Å²) in [5, 5.41) is 4.16. The van der Waals surface area contributed by atoms with E-state index in [9.17, 15) is 4.21 Å². The lowest BCUT2D eigenvalue weighted by Crippen LogP contribution is -1.93. The van der Waals surface area contributed by atoms with E-state index in [1.54, 1.807) is 6.26 Å². The molecule has 1 aliphatic carbocycles. The number of oxime groups is 1. The van der Waals surface area contributed by atoms with E-state index in [0.717, 1.165) is 41.2 Å². The van der Waals surface area contributed by atoms with Gasteiger partial charge >= 0.3 is 0 Å². The van der Waals surface area contributed by atoms with Crippen molar-refractivity contribution >= 4 is 22.6 Å². The lowest BCUT2D eigenvalue weighted by molar-refractivity contribution is 0.132. The summed E-state index contributed by atoms with van der Waals surface area (Å²) >= 11 is 0.